The first-order chi connectivity index (χ1) is 8.47. The summed E-state index contributed by atoms with van der Waals surface area (Å²) in [6, 6.07) is 7.74. The monoisotopic (exact) mass is 264 g/mol. The van der Waals surface area contributed by atoms with E-state index in [4.69, 9.17) is 5.73 Å². The molecule has 0 radical (unpaired) electrons. The molecule has 3 N–H and O–H groups in total. The van der Waals surface area contributed by atoms with Crippen molar-refractivity contribution >= 4 is 21.5 Å². The Morgan fingerprint density at radius 1 is 1.28 bits per heavy atom. The molecule has 0 fully saturated rings. The molecule has 0 aliphatic carbocycles. The quantitative estimate of drug-likeness (QED) is 0.811. The fourth-order valence-electron chi connectivity index (χ4n) is 1.48. The normalized spacial score (nSPS) is 11.2. The van der Waals surface area contributed by atoms with Gasteiger partial charge >= 0.3 is 0 Å². The van der Waals surface area contributed by atoms with E-state index in [1.807, 2.05) is 0 Å². The van der Waals surface area contributed by atoms with Crippen LogP contribution in [0.15, 0.2) is 41.4 Å². The minimum Gasteiger partial charge on any atom is -0.399 e. The highest BCUT2D eigenvalue weighted by Crippen LogP contribution is 2.18. The molecule has 18 heavy (non-hydrogen) atoms. The number of hydrogen-bond donors (Lipinski definition) is 2. The molecule has 0 bridgehead atoms. The maximum absolute atomic E-state index is 12.1. The van der Waals surface area contributed by atoms with Gasteiger partial charge in [0, 0.05) is 11.9 Å². The standard InChI is InChI=1S/C11H12N4O2S/c1-8-5-9(12)7-10(6-8)18(16,17)15-11-3-2-4-13-14-11/h2-7H,12H2,1H3,(H,14,15). The van der Waals surface area contributed by atoms with Crippen LogP contribution in [-0.4, -0.2) is 18.6 Å². The Hall–Kier alpha value is -2.15. The summed E-state index contributed by atoms with van der Waals surface area (Å²) in [5, 5.41) is 7.26. The van der Waals surface area contributed by atoms with Gasteiger partial charge in [0.05, 0.1) is 4.90 Å². The Morgan fingerprint density at radius 3 is 2.67 bits per heavy atom. The molecule has 1 aromatic heterocycles. The molecule has 6 nitrogen and oxygen atoms in total. The molecule has 1 aromatic carbocycles. The van der Waals surface area contributed by atoms with Gasteiger partial charge in [-0.1, -0.05) is 0 Å². The zero-order valence-electron chi connectivity index (χ0n) is 9.66. The molecule has 0 saturated heterocycles. The topological polar surface area (TPSA) is 98.0 Å². The van der Waals surface area contributed by atoms with Gasteiger partial charge in [-0.05, 0) is 42.8 Å². The van der Waals surface area contributed by atoms with Crippen molar-refractivity contribution in [3.05, 3.63) is 42.1 Å². The maximum Gasteiger partial charge on any atom is 0.263 e. The zero-order chi connectivity index (χ0) is 13.2. The van der Waals surface area contributed by atoms with Crippen LogP contribution in [0.3, 0.4) is 0 Å². The highest BCUT2D eigenvalue weighted by Gasteiger charge is 2.15. The second kappa shape index (κ2) is 4.61. The number of nitrogens with zero attached hydrogens (tertiary/aromatic N) is 2. The van der Waals surface area contributed by atoms with E-state index in [2.05, 4.69) is 14.9 Å². The number of aryl methyl sites for hydroxylation is 1. The Bertz CT molecular complexity index is 636. The van der Waals surface area contributed by atoms with E-state index >= 15 is 0 Å². The van der Waals surface area contributed by atoms with Crippen LogP contribution < -0.4 is 10.5 Å². The zero-order valence-corrected chi connectivity index (χ0v) is 10.5. The van der Waals surface area contributed by atoms with Crippen molar-refractivity contribution in [3.63, 3.8) is 0 Å². The number of nitrogens with two attached hydrogens (primary N) is 1. The van der Waals surface area contributed by atoms with Crippen LogP contribution in [0.4, 0.5) is 11.5 Å². The highest BCUT2D eigenvalue weighted by atomic mass is 32.2. The van der Waals surface area contributed by atoms with E-state index in [-0.39, 0.29) is 10.7 Å². The van der Waals surface area contributed by atoms with Gasteiger partial charge < -0.3 is 5.73 Å². The summed E-state index contributed by atoms with van der Waals surface area (Å²) in [4.78, 5) is 0.102. The van der Waals surface area contributed by atoms with E-state index in [0.717, 1.165) is 5.56 Å². The average Bonchev–Trinajstić information content (AvgIpc) is 2.28. The summed E-state index contributed by atoms with van der Waals surface area (Å²) in [5.74, 6) is 0.164. The smallest absolute Gasteiger partial charge is 0.263 e. The maximum atomic E-state index is 12.1. The van der Waals surface area contributed by atoms with Crippen molar-refractivity contribution in [1.82, 2.24) is 10.2 Å². The molecular weight excluding hydrogens is 252 g/mol. The lowest BCUT2D eigenvalue weighted by molar-refractivity contribution is 0.601. The van der Waals surface area contributed by atoms with E-state index in [9.17, 15) is 8.42 Å². The average molecular weight is 264 g/mol. The van der Waals surface area contributed by atoms with E-state index < -0.39 is 10.0 Å². The first kappa shape index (κ1) is 12.3. The largest absolute Gasteiger partial charge is 0.399 e. The van der Waals surface area contributed by atoms with Gasteiger partial charge in [-0.25, -0.2) is 8.42 Å². The summed E-state index contributed by atoms with van der Waals surface area (Å²) >= 11 is 0. The molecular formula is C11H12N4O2S. The third-order valence-corrected chi connectivity index (χ3v) is 3.53. The van der Waals surface area contributed by atoms with Crippen molar-refractivity contribution in [3.8, 4) is 0 Å². The van der Waals surface area contributed by atoms with Crippen LogP contribution in [0.25, 0.3) is 0 Å². The Balaban J connectivity index is 2.37. The number of aromatic nitrogens is 2. The second-order valence-corrected chi connectivity index (χ2v) is 5.48. The van der Waals surface area contributed by atoms with Gasteiger partial charge in [0.2, 0.25) is 0 Å². The van der Waals surface area contributed by atoms with Crippen molar-refractivity contribution in [1.29, 1.82) is 0 Å². The molecule has 94 valence electrons. The number of rotatable bonds is 3. The number of hydrogen-bond acceptors (Lipinski definition) is 5. The summed E-state index contributed by atoms with van der Waals surface area (Å²) in [7, 11) is -3.69. The lowest BCUT2D eigenvalue weighted by Gasteiger charge is -2.08. The van der Waals surface area contributed by atoms with Crippen LogP contribution in [0, 0.1) is 6.92 Å². The van der Waals surface area contributed by atoms with Gasteiger partial charge in [0.15, 0.2) is 5.82 Å². The van der Waals surface area contributed by atoms with Crippen molar-refractivity contribution in [2.45, 2.75) is 11.8 Å². The predicted octanol–water partition coefficient (Wildman–Crippen LogP) is 1.17. The van der Waals surface area contributed by atoms with Crippen LogP contribution in [0.1, 0.15) is 5.56 Å². The fourth-order valence-corrected chi connectivity index (χ4v) is 2.62. The summed E-state index contributed by atoms with van der Waals surface area (Å²) in [6.45, 7) is 1.78. The van der Waals surface area contributed by atoms with Gasteiger partial charge in [-0.2, -0.15) is 5.10 Å². The molecule has 0 spiro atoms. The Morgan fingerprint density at radius 2 is 2.06 bits per heavy atom. The number of anilines is 2. The fraction of sp³-hybridized carbons (Fsp3) is 0.0909. The molecule has 0 atom stereocenters. The molecule has 0 aliphatic heterocycles. The first-order valence-corrected chi connectivity index (χ1v) is 6.63. The molecule has 1 heterocycles. The number of benzene rings is 1. The lowest BCUT2D eigenvalue weighted by Crippen LogP contribution is -2.14. The second-order valence-electron chi connectivity index (χ2n) is 3.79. The minimum atomic E-state index is -3.69. The third kappa shape index (κ3) is 2.75. The molecule has 0 amide bonds. The molecule has 7 heteroatoms. The van der Waals surface area contributed by atoms with Gasteiger partial charge in [-0.15, -0.1) is 5.10 Å². The minimum absolute atomic E-state index is 0.102. The molecule has 2 aromatic rings. The van der Waals surface area contributed by atoms with Crippen molar-refractivity contribution < 1.29 is 8.42 Å². The molecule has 2 rings (SSSR count). The first-order valence-electron chi connectivity index (χ1n) is 5.15. The van der Waals surface area contributed by atoms with E-state index in [1.165, 1.54) is 24.4 Å². The van der Waals surface area contributed by atoms with Crippen LogP contribution >= 0.6 is 0 Å². The molecule has 0 unspecified atom stereocenters. The van der Waals surface area contributed by atoms with E-state index in [1.54, 1.807) is 19.1 Å². The lowest BCUT2D eigenvalue weighted by atomic mass is 10.2. The van der Waals surface area contributed by atoms with E-state index in [0.29, 0.717) is 5.69 Å². The van der Waals surface area contributed by atoms with Crippen molar-refractivity contribution in [2.75, 3.05) is 10.5 Å². The SMILES string of the molecule is Cc1cc(N)cc(S(=O)(=O)Nc2cccnn2)c1. The third-order valence-electron chi connectivity index (χ3n) is 2.19. The number of sulfonamides is 1. The molecule has 0 saturated carbocycles. The van der Waals surface area contributed by atoms with Gasteiger partial charge in [0.25, 0.3) is 10.0 Å². The van der Waals surface area contributed by atoms with Crippen LogP contribution in [0.2, 0.25) is 0 Å². The Labute approximate surface area is 105 Å². The number of nitrogen functional groups attached to an aromatic ring is 1. The summed E-state index contributed by atoms with van der Waals surface area (Å²) in [6.07, 6.45) is 1.46. The number of nitrogens with one attached hydrogen (secondary N) is 1. The molecule has 0 aliphatic rings. The predicted molar refractivity (Wildman–Crippen MR) is 68.4 cm³/mol. The summed E-state index contributed by atoms with van der Waals surface area (Å²) in [5.41, 5.74) is 6.80. The van der Waals surface area contributed by atoms with Gasteiger partial charge in [0.1, 0.15) is 0 Å². The Kier molecular flexibility index (Phi) is 3.15. The van der Waals surface area contributed by atoms with Crippen LogP contribution in [0.5, 0.6) is 0 Å². The highest BCUT2D eigenvalue weighted by molar-refractivity contribution is 7.92. The van der Waals surface area contributed by atoms with Crippen molar-refractivity contribution in [2.24, 2.45) is 0 Å². The summed E-state index contributed by atoms with van der Waals surface area (Å²) < 4.78 is 26.5. The van der Waals surface area contributed by atoms with Gasteiger partial charge in [-0.3, -0.25) is 4.72 Å². The van der Waals surface area contributed by atoms with Crippen LogP contribution in [-0.2, 0) is 10.0 Å².